The number of hydrogen-bond donors (Lipinski definition) is 1. The van der Waals surface area contributed by atoms with E-state index in [4.69, 9.17) is 5.11 Å². The molecule has 1 heterocycles. The van der Waals surface area contributed by atoms with Crippen molar-refractivity contribution in [1.29, 1.82) is 0 Å². The fraction of sp³-hybridized carbons (Fsp3) is 0.769. The molecule has 0 amide bonds. The summed E-state index contributed by atoms with van der Waals surface area (Å²) in [6.45, 7) is 5.06. The van der Waals surface area contributed by atoms with Crippen molar-refractivity contribution in [3.8, 4) is 0 Å². The van der Waals surface area contributed by atoms with Gasteiger partial charge in [0.25, 0.3) is 0 Å². The molecule has 21 heavy (non-hydrogen) atoms. The molecule has 1 aromatic heterocycles. The maximum atomic E-state index is 10.7. The van der Waals surface area contributed by atoms with E-state index in [2.05, 4.69) is 35.2 Å². The van der Waals surface area contributed by atoms with Gasteiger partial charge in [0.2, 0.25) is 5.95 Å². The van der Waals surface area contributed by atoms with Gasteiger partial charge in [-0.3, -0.25) is 9.36 Å². The maximum Gasteiger partial charge on any atom is 0.313 e. The molecular weight excluding hydrogens is 308 g/mol. The lowest BCUT2D eigenvalue weighted by molar-refractivity contribution is -0.133. The maximum absolute atomic E-state index is 10.7. The van der Waals surface area contributed by atoms with Crippen LogP contribution in [0.1, 0.15) is 26.7 Å². The summed E-state index contributed by atoms with van der Waals surface area (Å²) >= 11 is 3.06. The predicted octanol–water partition coefficient (Wildman–Crippen LogP) is 2.44. The minimum absolute atomic E-state index is 0.00753. The Bertz CT molecular complexity index is 453. The van der Waals surface area contributed by atoms with Gasteiger partial charge >= 0.3 is 5.97 Å². The van der Waals surface area contributed by atoms with E-state index < -0.39 is 5.97 Å². The van der Waals surface area contributed by atoms with E-state index in [1.807, 2.05) is 23.4 Å². The lowest BCUT2D eigenvalue weighted by Gasteiger charge is -2.26. The zero-order chi connectivity index (χ0) is 15.8. The van der Waals surface area contributed by atoms with Crippen LogP contribution in [0, 0.1) is 0 Å². The first kappa shape index (κ1) is 18.2. The molecule has 0 aliphatic heterocycles. The van der Waals surface area contributed by atoms with Crippen molar-refractivity contribution in [1.82, 2.24) is 14.8 Å². The third kappa shape index (κ3) is 5.43. The van der Waals surface area contributed by atoms with Crippen LogP contribution in [-0.2, 0) is 11.3 Å². The van der Waals surface area contributed by atoms with E-state index in [1.165, 1.54) is 11.8 Å². The van der Waals surface area contributed by atoms with Gasteiger partial charge in [-0.1, -0.05) is 18.7 Å². The first-order chi connectivity index (χ1) is 10.0. The Morgan fingerprint density at radius 2 is 2.19 bits per heavy atom. The second-order valence-electron chi connectivity index (χ2n) is 4.86. The number of aliphatic carboxylic acids is 1. The van der Waals surface area contributed by atoms with Crippen LogP contribution in [0.15, 0.2) is 5.16 Å². The number of anilines is 1. The van der Waals surface area contributed by atoms with Gasteiger partial charge in [0.1, 0.15) is 0 Å². The third-order valence-electron chi connectivity index (χ3n) is 3.19. The highest BCUT2D eigenvalue weighted by molar-refractivity contribution is 7.99. The molecule has 1 rings (SSSR count). The molecule has 0 spiro atoms. The van der Waals surface area contributed by atoms with E-state index in [0.717, 1.165) is 31.1 Å². The van der Waals surface area contributed by atoms with Crippen LogP contribution in [0.2, 0.25) is 0 Å². The lowest BCUT2D eigenvalue weighted by atomic mass is 10.2. The molecule has 0 radical (unpaired) electrons. The minimum Gasteiger partial charge on any atom is -0.481 e. The molecule has 0 aliphatic carbocycles. The van der Waals surface area contributed by atoms with Crippen LogP contribution in [-0.4, -0.2) is 56.7 Å². The van der Waals surface area contributed by atoms with Crippen molar-refractivity contribution < 1.29 is 9.90 Å². The van der Waals surface area contributed by atoms with Crippen LogP contribution >= 0.6 is 23.5 Å². The second kappa shape index (κ2) is 9.19. The van der Waals surface area contributed by atoms with Gasteiger partial charge in [0.15, 0.2) is 5.16 Å². The average molecular weight is 332 g/mol. The molecule has 1 aromatic rings. The van der Waals surface area contributed by atoms with Crippen molar-refractivity contribution in [2.24, 2.45) is 0 Å². The van der Waals surface area contributed by atoms with Crippen molar-refractivity contribution in [2.45, 2.75) is 44.4 Å². The molecule has 8 heteroatoms. The molecular formula is C13H24N4O2S2. The molecule has 120 valence electrons. The topological polar surface area (TPSA) is 71.2 Å². The largest absolute Gasteiger partial charge is 0.481 e. The summed E-state index contributed by atoms with van der Waals surface area (Å²) in [6.07, 6.45) is 4.14. The highest BCUT2D eigenvalue weighted by Gasteiger charge is 2.19. The summed E-state index contributed by atoms with van der Waals surface area (Å²) in [6, 6.07) is 0.370. The molecule has 0 aliphatic rings. The Morgan fingerprint density at radius 3 is 2.76 bits per heavy atom. The minimum atomic E-state index is -0.839. The molecule has 0 fully saturated rings. The second-order valence-corrected chi connectivity index (χ2v) is 6.79. The van der Waals surface area contributed by atoms with Gasteiger partial charge in [0, 0.05) is 19.6 Å². The Hall–Kier alpha value is -0.890. The third-order valence-corrected chi connectivity index (χ3v) is 4.78. The van der Waals surface area contributed by atoms with Gasteiger partial charge in [-0.2, -0.15) is 11.8 Å². The summed E-state index contributed by atoms with van der Waals surface area (Å²) in [5.74, 6) is 1.09. The first-order valence-corrected chi connectivity index (χ1v) is 9.38. The number of nitrogens with zero attached hydrogens (tertiary/aromatic N) is 4. The van der Waals surface area contributed by atoms with Crippen LogP contribution in [0.5, 0.6) is 0 Å². The molecule has 1 unspecified atom stereocenters. The summed E-state index contributed by atoms with van der Waals surface area (Å²) in [5, 5.41) is 17.9. The zero-order valence-electron chi connectivity index (χ0n) is 13.1. The van der Waals surface area contributed by atoms with Gasteiger partial charge in [-0.25, -0.2) is 0 Å². The Balaban J connectivity index is 2.87. The molecule has 6 nitrogen and oxygen atoms in total. The highest BCUT2D eigenvalue weighted by atomic mass is 32.2. The summed E-state index contributed by atoms with van der Waals surface area (Å²) in [4.78, 5) is 12.8. The van der Waals surface area contributed by atoms with Crippen LogP contribution in [0.4, 0.5) is 5.95 Å². The van der Waals surface area contributed by atoms with Crippen molar-refractivity contribution in [3.63, 3.8) is 0 Å². The van der Waals surface area contributed by atoms with E-state index in [0.29, 0.717) is 11.2 Å². The first-order valence-electron chi connectivity index (χ1n) is 7.00. The van der Waals surface area contributed by atoms with Crippen LogP contribution in [0.25, 0.3) is 0 Å². The van der Waals surface area contributed by atoms with Gasteiger partial charge in [-0.15, -0.1) is 10.2 Å². The number of aromatic nitrogens is 3. The summed E-state index contributed by atoms with van der Waals surface area (Å²) < 4.78 is 2.02. The molecule has 0 bridgehead atoms. The Morgan fingerprint density at radius 1 is 1.48 bits per heavy atom. The van der Waals surface area contributed by atoms with E-state index in [-0.39, 0.29) is 5.75 Å². The number of thioether (sulfide) groups is 2. The van der Waals surface area contributed by atoms with Crippen molar-refractivity contribution >= 4 is 35.4 Å². The molecule has 1 N–H and O–H groups in total. The summed E-state index contributed by atoms with van der Waals surface area (Å²) in [5.41, 5.74) is 0. The molecule has 0 saturated carbocycles. The number of rotatable bonds is 10. The Labute approximate surface area is 134 Å². The monoisotopic (exact) mass is 332 g/mol. The quantitative estimate of drug-likeness (QED) is 0.660. The average Bonchev–Trinajstić information content (AvgIpc) is 2.85. The summed E-state index contributed by atoms with van der Waals surface area (Å²) in [7, 11) is 2.02. The van der Waals surface area contributed by atoms with Crippen LogP contribution < -0.4 is 4.90 Å². The standard InChI is InChI=1S/C13H24N4O2S2/c1-5-7-17-12(16(3)10(2)6-8-20-4)14-15-13(17)21-9-11(18)19/h10H,5-9H2,1-4H3,(H,18,19). The van der Waals surface area contributed by atoms with Gasteiger partial charge in [-0.05, 0) is 31.8 Å². The number of carbonyl (C=O) groups is 1. The van der Waals surface area contributed by atoms with E-state index in [1.54, 1.807) is 0 Å². The number of carboxylic acid groups (broad SMARTS) is 1. The predicted molar refractivity (Wildman–Crippen MR) is 89.5 cm³/mol. The van der Waals surface area contributed by atoms with Gasteiger partial charge in [0.05, 0.1) is 5.75 Å². The van der Waals surface area contributed by atoms with Crippen molar-refractivity contribution in [3.05, 3.63) is 0 Å². The zero-order valence-corrected chi connectivity index (χ0v) is 14.7. The fourth-order valence-electron chi connectivity index (χ4n) is 1.87. The fourth-order valence-corrected chi connectivity index (χ4v) is 3.13. The SMILES string of the molecule is CCCn1c(SCC(=O)O)nnc1N(C)C(C)CCSC. The molecule has 1 atom stereocenters. The molecule has 0 saturated heterocycles. The number of carboxylic acids is 1. The lowest BCUT2D eigenvalue weighted by Crippen LogP contribution is -2.32. The highest BCUT2D eigenvalue weighted by Crippen LogP contribution is 2.23. The normalized spacial score (nSPS) is 12.4. The van der Waals surface area contributed by atoms with Gasteiger partial charge < -0.3 is 10.0 Å². The molecule has 0 aromatic carbocycles. The van der Waals surface area contributed by atoms with Crippen LogP contribution in [0.3, 0.4) is 0 Å². The number of hydrogen-bond acceptors (Lipinski definition) is 6. The smallest absolute Gasteiger partial charge is 0.313 e. The van der Waals surface area contributed by atoms with E-state index >= 15 is 0 Å². The van der Waals surface area contributed by atoms with E-state index in [9.17, 15) is 4.79 Å². The Kier molecular flexibility index (Phi) is 7.95. The van der Waals surface area contributed by atoms with Crippen molar-refractivity contribution in [2.75, 3.05) is 29.7 Å².